The van der Waals surface area contributed by atoms with Crippen LogP contribution in [0.15, 0.2) is 48.5 Å². The largest absolute Gasteiger partial charge is 0.375 e. The standard InChI is InChI=1S/C16H13BrF2O2/c17-15(16(20)12-4-2-1-3-5-12)10-21-9-11-6-13(18)8-14(19)7-11/h1-8,15H,9-10H2. The molecule has 1 unspecified atom stereocenters. The quantitative estimate of drug-likeness (QED) is 0.575. The maximum atomic E-state index is 13.0. The molecule has 0 aliphatic heterocycles. The fraction of sp³-hybridized carbons (Fsp3) is 0.188. The van der Waals surface area contributed by atoms with Gasteiger partial charge >= 0.3 is 0 Å². The number of ether oxygens (including phenoxy) is 1. The van der Waals surface area contributed by atoms with Gasteiger partial charge in [-0.15, -0.1) is 0 Å². The van der Waals surface area contributed by atoms with Crippen LogP contribution in [0.3, 0.4) is 0 Å². The first kappa shape index (κ1) is 15.8. The second kappa shape index (κ2) is 7.43. The number of hydrogen-bond acceptors (Lipinski definition) is 2. The van der Waals surface area contributed by atoms with Crippen molar-refractivity contribution in [2.24, 2.45) is 0 Å². The van der Waals surface area contributed by atoms with Gasteiger partial charge in [0.25, 0.3) is 0 Å². The molecule has 0 saturated carbocycles. The Bertz CT molecular complexity index is 597. The van der Waals surface area contributed by atoms with Crippen molar-refractivity contribution in [3.63, 3.8) is 0 Å². The van der Waals surface area contributed by atoms with E-state index < -0.39 is 16.5 Å². The van der Waals surface area contributed by atoms with Crippen LogP contribution in [-0.4, -0.2) is 17.2 Å². The van der Waals surface area contributed by atoms with E-state index >= 15 is 0 Å². The molecule has 5 heteroatoms. The van der Waals surface area contributed by atoms with Gasteiger partial charge in [-0.2, -0.15) is 0 Å². The van der Waals surface area contributed by atoms with Crippen molar-refractivity contribution in [2.45, 2.75) is 11.4 Å². The van der Waals surface area contributed by atoms with E-state index in [1.54, 1.807) is 24.3 Å². The van der Waals surface area contributed by atoms with Crippen molar-refractivity contribution < 1.29 is 18.3 Å². The summed E-state index contributed by atoms with van der Waals surface area (Å²) >= 11 is 3.26. The lowest BCUT2D eigenvalue weighted by Gasteiger charge is -2.10. The molecule has 2 nitrogen and oxygen atoms in total. The maximum Gasteiger partial charge on any atom is 0.178 e. The van der Waals surface area contributed by atoms with Gasteiger partial charge in [-0.25, -0.2) is 8.78 Å². The lowest BCUT2D eigenvalue weighted by Crippen LogP contribution is -2.20. The molecule has 2 aromatic carbocycles. The zero-order valence-corrected chi connectivity index (χ0v) is 12.6. The summed E-state index contributed by atoms with van der Waals surface area (Å²) in [5.74, 6) is -1.39. The highest BCUT2D eigenvalue weighted by atomic mass is 79.9. The second-order valence-electron chi connectivity index (χ2n) is 4.49. The number of rotatable bonds is 6. The van der Waals surface area contributed by atoms with Gasteiger partial charge in [-0.3, -0.25) is 4.79 Å². The summed E-state index contributed by atoms with van der Waals surface area (Å²) in [6.07, 6.45) is 0. The van der Waals surface area contributed by atoms with Crippen LogP contribution in [0, 0.1) is 11.6 Å². The van der Waals surface area contributed by atoms with Crippen LogP contribution in [0.1, 0.15) is 15.9 Å². The molecule has 0 bridgehead atoms. The summed E-state index contributed by atoms with van der Waals surface area (Å²) in [7, 11) is 0. The second-order valence-corrected chi connectivity index (χ2v) is 5.60. The fourth-order valence-corrected chi connectivity index (χ4v) is 2.28. The first-order valence-corrected chi connectivity index (χ1v) is 7.24. The number of carbonyl (C=O) groups is 1. The molecule has 21 heavy (non-hydrogen) atoms. The van der Waals surface area contributed by atoms with Gasteiger partial charge < -0.3 is 4.74 Å². The number of benzene rings is 2. The molecule has 0 spiro atoms. The monoisotopic (exact) mass is 354 g/mol. The van der Waals surface area contributed by atoms with Crippen molar-refractivity contribution in [3.05, 3.63) is 71.3 Å². The van der Waals surface area contributed by atoms with Gasteiger partial charge in [0, 0.05) is 11.6 Å². The molecule has 1 atom stereocenters. The molecule has 2 rings (SSSR count). The van der Waals surface area contributed by atoms with Crippen molar-refractivity contribution in [1.82, 2.24) is 0 Å². The Balaban J connectivity index is 1.87. The smallest absolute Gasteiger partial charge is 0.178 e. The molecule has 0 fully saturated rings. The molecule has 0 radical (unpaired) electrons. The third-order valence-electron chi connectivity index (χ3n) is 2.80. The van der Waals surface area contributed by atoms with Crippen molar-refractivity contribution in [3.8, 4) is 0 Å². The Hall–Kier alpha value is -1.59. The van der Waals surface area contributed by atoms with Crippen LogP contribution < -0.4 is 0 Å². The van der Waals surface area contributed by atoms with E-state index in [9.17, 15) is 13.6 Å². The molecule has 2 aromatic rings. The fourth-order valence-electron chi connectivity index (χ4n) is 1.83. The van der Waals surface area contributed by atoms with Gasteiger partial charge in [0.15, 0.2) is 5.78 Å². The Kier molecular flexibility index (Phi) is 5.59. The molecular weight excluding hydrogens is 342 g/mol. The normalized spacial score (nSPS) is 12.1. The predicted molar refractivity (Wildman–Crippen MR) is 79.5 cm³/mol. The molecule has 0 amide bonds. The van der Waals surface area contributed by atoms with Gasteiger partial charge in [-0.05, 0) is 17.7 Å². The highest BCUT2D eigenvalue weighted by molar-refractivity contribution is 9.10. The highest BCUT2D eigenvalue weighted by Crippen LogP contribution is 2.13. The van der Waals surface area contributed by atoms with Crippen molar-refractivity contribution >= 4 is 21.7 Å². The number of Topliss-reactive ketones (excluding diaryl/α,β-unsaturated/α-hetero) is 1. The first-order chi connectivity index (χ1) is 10.1. The van der Waals surface area contributed by atoms with Gasteiger partial charge in [0.2, 0.25) is 0 Å². The van der Waals surface area contributed by atoms with E-state index in [1.165, 1.54) is 12.1 Å². The summed E-state index contributed by atoms with van der Waals surface area (Å²) in [6.45, 7) is 0.157. The van der Waals surface area contributed by atoms with E-state index in [0.29, 0.717) is 11.1 Å². The van der Waals surface area contributed by atoms with Gasteiger partial charge in [0.1, 0.15) is 16.5 Å². The van der Waals surface area contributed by atoms with Crippen LogP contribution in [0.25, 0.3) is 0 Å². The third kappa shape index (κ3) is 4.72. The Morgan fingerprint density at radius 3 is 2.33 bits per heavy atom. The minimum atomic E-state index is -0.649. The predicted octanol–water partition coefficient (Wildman–Crippen LogP) is 4.13. The third-order valence-corrected chi connectivity index (χ3v) is 3.48. The number of hydrogen-bond donors (Lipinski definition) is 0. The molecule has 0 aromatic heterocycles. The minimum absolute atomic E-state index is 0.0405. The summed E-state index contributed by atoms with van der Waals surface area (Å²) in [6, 6.07) is 12.0. The summed E-state index contributed by atoms with van der Waals surface area (Å²) < 4.78 is 31.3. The molecule has 110 valence electrons. The van der Waals surface area contributed by atoms with Crippen molar-refractivity contribution in [1.29, 1.82) is 0 Å². The number of carbonyl (C=O) groups excluding carboxylic acids is 1. The van der Waals surface area contributed by atoms with Crippen LogP contribution in [0.4, 0.5) is 8.78 Å². The van der Waals surface area contributed by atoms with Crippen LogP contribution >= 0.6 is 15.9 Å². The lowest BCUT2D eigenvalue weighted by molar-refractivity contribution is 0.0872. The molecule has 0 heterocycles. The van der Waals surface area contributed by atoms with E-state index in [4.69, 9.17) is 4.74 Å². The SMILES string of the molecule is O=C(c1ccccc1)C(Br)COCc1cc(F)cc(F)c1. The topological polar surface area (TPSA) is 26.3 Å². The first-order valence-electron chi connectivity index (χ1n) is 6.32. The van der Waals surface area contributed by atoms with Gasteiger partial charge in [-0.1, -0.05) is 46.3 Å². The number of ketones is 1. The Morgan fingerprint density at radius 1 is 1.10 bits per heavy atom. The lowest BCUT2D eigenvalue weighted by atomic mass is 10.1. The maximum absolute atomic E-state index is 13.0. The van der Waals surface area contributed by atoms with Crippen molar-refractivity contribution in [2.75, 3.05) is 6.61 Å². The zero-order valence-electron chi connectivity index (χ0n) is 11.1. The molecular formula is C16H13BrF2O2. The Labute approximate surface area is 129 Å². The average Bonchev–Trinajstić information content (AvgIpc) is 2.46. The minimum Gasteiger partial charge on any atom is -0.375 e. The Morgan fingerprint density at radius 2 is 1.71 bits per heavy atom. The van der Waals surface area contributed by atoms with E-state index in [2.05, 4.69) is 15.9 Å². The summed E-state index contributed by atoms with van der Waals surface area (Å²) in [5, 5.41) is 0. The zero-order chi connectivity index (χ0) is 15.2. The number of alkyl halides is 1. The average molecular weight is 355 g/mol. The van der Waals surface area contributed by atoms with E-state index in [-0.39, 0.29) is 19.0 Å². The van der Waals surface area contributed by atoms with Gasteiger partial charge in [0.05, 0.1) is 13.2 Å². The number of halogens is 3. The summed E-state index contributed by atoms with van der Waals surface area (Å²) in [4.78, 5) is 11.5. The molecule has 0 saturated heterocycles. The molecule has 0 aliphatic rings. The van der Waals surface area contributed by atoms with E-state index in [1.807, 2.05) is 6.07 Å². The molecule has 0 aliphatic carbocycles. The summed E-state index contributed by atoms with van der Waals surface area (Å²) in [5.41, 5.74) is 0.971. The van der Waals surface area contributed by atoms with Crippen LogP contribution in [0.2, 0.25) is 0 Å². The van der Waals surface area contributed by atoms with E-state index in [0.717, 1.165) is 6.07 Å². The van der Waals surface area contributed by atoms with Crippen LogP contribution in [0.5, 0.6) is 0 Å². The highest BCUT2D eigenvalue weighted by Gasteiger charge is 2.16. The van der Waals surface area contributed by atoms with Crippen LogP contribution in [-0.2, 0) is 11.3 Å². The molecule has 0 N–H and O–H groups in total.